The van der Waals surface area contributed by atoms with Gasteiger partial charge in [-0.25, -0.2) is 0 Å². The maximum atomic E-state index is 12.3. The number of amides is 3. The molecule has 7 nitrogen and oxygen atoms in total. The fraction of sp³-hybridized carbons (Fsp3) is 0.250. The summed E-state index contributed by atoms with van der Waals surface area (Å²) in [4.78, 5) is 36.9. The molecule has 158 valence electrons. The highest BCUT2D eigenvalue weighted by atomic mass is 16.2. The number of carbonyl (C=O) groups excluding carboxylic acids is 3. The van der Waals surface area contributed by atoms with E-state index in [0.717, 1.165) is 22.4 Å². The second kappa shape index (κ2) is 9.38. The first-order valence-electron chi connectivity index (χ1n) is 10.4. The van der Waals surface area contributed by atoms with Gasteiger partial charge in [0.25, 0.3) is 0 Å². The van der Waals surface area contributed by atoms with Gasteiger partial charge in [-0.1, -0.05) is 60.7 Å². The molecule has 7 heteroatoms. The van der Waals surface area contributed by atoms with E-state index in [4.69, 9.17) is 5.10 Å². The summed E-state index contributed by atoms with van der Waals surface area (Å²) in [5.74, 6) is -0.611. The molecule has 1 fully saturated rings. The number of hydrogen-bond donors (Lipinski definition) is 1. The Hall–Kier alpha value is -3.74. The van der Waals surface area contributed by atoms with Crippen molar-refractivity contribution in [2.75, 3.05) is 6.54 Å². The van der Waals surface area contributed by atoms with Crippen LogP contribution in [-0.2, 0) is 27.5 Å². The Bertz CT molecular complexity index is 1060. The van der Waals surface area contributed by atoms with Crippen molar-refractivity contribution >= 4 is 17.7 Å². The molecule has 0 aliphatic carbocycles. The van der Waals surface area contributed by atoms with Crippen LogP contribution in [0.5, 0.6) is 0 Å². The first kappa shape index (κ1) is 20.5. The third-order valence-corrected chi connectivity index (χ3v) is 5.27. The molecular formula is C24H24N4O3. The lowest BCUT2D eigenvalue weighted by Crippen LogP contribution is -2.34. The molecule has 0 radical (unpaired) electrons. The van der Waals surface area contributed by atoms with Gasteiger partial charge in [-0.2, -0.15) is 5.10 Å². The molecule has 0 atom stereocenters. The molecule has 2 aromatic carbocycles. The third kappa shape index (κ3) is 5.06. The summed E-state index contributed by atoms with van der Waals surface area (Å²) in [7, 11) is 0. The summed E-state index contributed by atoms with van der Waals surface area (Å²) in [6.07, 6.45) is 2.52. The normalized spacial score (nSPS) is 13.6. The van der Waals surface area contributed by atoms with Crippen molar-refractivity contribution in [3.05, 3.63) is 78.0 Å². The molecule has 1 aliphatic heterocycles. The number of imide groups is 1. The van der Waals surface area contributed by atoms with Gasteiger partial charge >= 0.3 is 0 Å². The van der Waals surface area contributed by atoms with Crippen LogP contribution < -0.4 is 5.32 Å². The molecule has 1 aromatic heterocycles. The lowest BCUT2D eigenvalue weighted by Gasteiger charge is -2.13. The minimum atomic E-state index is -0.206. The Morgan fingerprint density at radius 2 is 1.58 bits per heavy atom. The smallest absolute Gasteiger partial charge is 0.229 e. The van der Waals surface area contributed by atoms with Crippen molar-refractivity contribution in [2.24, 2.45) is 0 Å². The zero-order chi connectivity index (χ0) is 21.6. The van der Waals surface area contributed by atoms with Gasteiger partial charge in [0.15, 0.2) is 0 Å². The summed E-state index contributed by atoms with van der Waals surface area (Å²) in [5.41, 5.74) is 3.84. The van der Waals surface area contributed by atoms with Gasteiger partial charge in [0.05, 0.1) is 12.2 Å². The summed E-state index contributed by atoms with van der Waals surface area (Å²) in [6, 6.07) is 19.9. The van der Waals surface area contributed by atoms with Crippen LogP contribution in [0.4, 0.5) is 0 Å². The molecule has 1 aliphatic rings. The maximum absolute atomic E-state index is 12.3. The first-order valence-corrected chi connectivity index (χ1v) is 10.4. The Balaban J connectivity index is 1.44. The van der Waals surface area contributed by atoms with Gasteiger partial charge in [-0.15, -0.1) is 0 Å². The van der Waals surface area contributed by atoms with Gasteiger partial charge < -0.3 is 5.32 Å². The quantitative estimate of drug-likeness (QED) is 0.573. The van der Waals surface area contributed by atoms with E-state index in [-0.39, 0.29) is 43.5 Å². The number of rotatable bonds is 8. The van der Waals surface area contributed by atoms with Crippen molar-refractivity contribution in [1.29, 1.82) is 0 Å². The minimum absolute atomic E-state index is 0.0936. The highest BCUT2D eigenvalue weighted by molar-refractivity contribution is 6.02. The molecule has 3 aromatic rings. The van der Waals surface area contributed by atoms with Crippen LogP contribution in [0.3, 0.4) is 0 Å². The van der Waals surface area contributed by atoms with Gasteiger partial charge in [-0.3, -0.25) is 24.0 Å². The molecule has 3 amide bonds. The van der Waals surface area contributed by atoms with Crippen LogP contribution >= 0.6 is 0 Å². The highest BCUT2D eigenvalue weighted by Crippen LogP contribution is 2.22. The summed E-state index contributed by atoms with van der Waals surface area (Å²) in [5, 5.41) is 7.65. The second-order valence-electron chi connectivity index (χ2n) is 7.52. The number of nitrogens with one attached hydrogen (secondary N) is 1. The fourth-order valence-electron chi connectivity index (χ4n) is 3.65. The summed E-state index contributed by atoms with van der Waals surface area (Å²) < 4.78 is 1.88. The predicted molar refractivity (Wildman–Crippen MR) is 116 cm³/mol. The Morgan fingerprint density at radius 1 is 0.935 bits per heavy atom. The van der Waals surface area contributed by atoms with Gasteiger partial charge in [0.2, 0.25) is 17.7 Å². The zero-order valence-electron chi connectivity index (χ0n) is 17.2. The molecule has 4 rings (SSSR count). The second-order valence-corrected chi connectivity index (χ2v) is 7.52. The van der Waals surface area contributed by atoms with Crippen molar-refractivity contribution in [1.82, 2.24) is 20.0 Å². The Kier molecular flexibility index (Phi) is 6.21. The number of hydrogen-bond acceptors (Lipinski definition) is 4. The Morgan fingerprint density at radius 3 is 2.26 bits per heavy atom. The van der Waals surface area contributed by atoms with E-state index in [1.807, 2.05) is 71.5 Å². The molecule has 0 spiro atoms. The molecule has 0 unspecified atom stereocenters. The van der Waals surface area contributed by atoms with Crippen LogP contribution in [-0.4, -0.2) is 38.9 Å². The van der Waals surface area contributed by atoms with Gasteiger partial charge in [0, 0.05) is 49.7 Å². The highest BCUT2D eigenvalue weighted by Gasteiger charge is 2.28. The number of nitrogens with zero attached hydrogens (tertiary/aromatic N) is 3. The average Bonchev–Trinajstić information content (AvgIpc) is 3.34. The number of carbonyl (C=O) groups is 3. The SMILES string of the molecule is O=C(CCN1C(=O)CCC1=O)NCc1cn(Cc2ccccc2)nc1-c1ccccc1. The molecule has 31 heavy (non-hydrogen) atoms. The van der Waals surface area contributed by atoms with Crippen LogP contribution in [0.15, 0.2) is 66.9 Å². The molecule has 0 bridgehead atoms. The van der Waals surface area contributed by atoms with Crippen molar-refractivity contribution in [3.63, 3.8) is 0 Å². The van der Waals surface area contributed by atoms with E-state index in [1.165, 1.54) is 4.90 Å². The van der Waals surface area contributed by atoms with Crippen LogP contribution in [0.1, 0.15) is 30.4 Å². The van der Waals surface area contributed by atoms with Crippen molar-refractivity contribution in [3.8, 4) is 11.3 Å². The predicted octanol–water partition coefficient (Wildman–Crippen LogP) is 2.75. The molecule has 1 N–H and O–H groups in total. The van der Waals surface area contributed by atoms with E-state index in [1.54, 1.807) is 0 Å². The Labute approximate surface area is 180 Å². The molecule has 0 saturated carbocycles. The molecular weight excluding hydrogens is 392 g/mol. The van der Waals surface area contributed by atoms with E-state index >= 15 is 0 Å². The van der Waals surface area contributed by atoms with Crippen LogP contribution in [0.2, 0.25) is 0 Å². The van der Waals surface area contributed by atoms with E-state index < -0.39 is 0 Å². The van der Waals surface area contributed by atoms with Crippen molar-refractivity contribution < 1.29 is 14.4 Å². The number of likely N-dealkylation sites (tertiary alicyclic amines) is 1. The maximum Gasteiger partial charge on any atom is 0.229 e. The lowest BCUT2D eigenvalue weighted by molar-refractivity contribution is -0.138. The van der Waals surface area contributed by atoms with E-state index in [0.29, 0.717) is 13.1 Å². The first-order chi connectivity index (χ1) is 15.1. The van der Waals surface area contributed by atoms with E-state index in [2.05, 4.69) is 5.32 Å². The average molecular weight is 416 g/mol. The molecule has 1 saturated heterocycles. The van der Waals surface area contributed by atoms with Crippen LogP contribution in [0, 0.1) is 0 Å². The van der Waals surface area contributed by atoms with Gasteiger partial charge in [-0.05, 0) is 5.56 Å². The summed E-state index contributed by atoms with van der Waals surface area (Å²) >= 11 is 0. The summed E-state index contributed by atoms with van der Waals surface area (Å²) in [6.45, 7) is 1.08. The third-order valence-electron chi connectivity index (χ3n) is 5.27. The number of aromatic nitrogens is 2. The minimum Gasteiger partial charge on any atom is -0.352 e. The monoisotopic (exact) mass is 416 g/mol. The van der Waals surface area contributed by atoms with Gasteiger partial charge in [0.1, 0.15) is 0 Å². The zero-order valence-corrected chi connectivity index (χ0v) is 17.2. The van der Waals surface area contributed by atoms with Crippen molar-refractivity contribution in [2.45, 2.75) is 32.4 Å². The number of benzene rings is 2. The standard InChI is InChI=1S/C24H24N4O3/c29-21(13-14-28-22(30)11-12-23(28)31)25-15-20-17-27(16-18-7-3-1-4-8-18)26-24(20)19-9-5-2-6-10-19/h1-10,17H,11-16H2,(H,25,29). The van der Waals surface area contributed by atoms with E-state index in [9.17, 15) is 14.4 Å². The lowest BCUT2D eigenvalue weighted by atomic mass is 10.1. The fourth-order valence-corrected chi connectivity index (χ4v) is 3.65. The molecule has 2 heterocycles. The van der Waals surface area contributed by atoms with Crippen LogP contribution in [0.25, 0.3) is 11.3 Å². The largest absolute Gasteiger partial charge is 0.352 e. The topological polar surface area (TPSA) is 84.3 Å².